The van der Waals surface area contributed by atoms with Crippen molar-refractivity contribution in [3.05, 3.63) is 29.3 Å². The minimum Gasteiger partial charge on any atom is -0.483 e. The third-order valence-electron chi connectivity index (χ3n) is 2.95. The number of hydrogen-bond acceptors (Lipinski definition) is 4. The number of hydrogen-bond donors (Lipinski definition) is 2. The average molecular weight is 294 g/mol. The molecule has 21 heavy (non-hydrogen) atoms. The monoisotopic (exact) mass is 294 g/mol. The fraction of sp³-hybridized carbons (Fsp3) is 0.562. The van der Waals surface area contributed by atoms with E-state index in [0.717, 1.165) is 30.8 Å². The Bertz CT molecular complexity index is 436. The van der Waals surface area contributed by atoms with Gasteiger partial charge in [-0.05, 0) is 26.0 Å². The molecular weight excluding hydrogens is 268 g/mol. The minimum atomic E-state index is -0.139. The Morgan fingerprint density at radius 1 is 1.29 bits per heavy atom. The minimum absolute atomic E-state index is 0.0214. The number of benzene rings is 1. The second-order valence-corrected chi connectivity index (χ2v) is 4.92. The first-order valence-electron chi connectivity index (χ1n) is 7.36. The van der Waals surface area contributed by atoms with Crippen molar-refractivity contribution in [1.82, 2.24) is 10.6 Å². The molecule has 1 amide bonds. The Hall–Kier alpha value is -1.59. The lowest BCUT2D eigenvalue weighted by Gasteiger charge is -2.13. The van der Waals surface area contributed by atoms with Gasteiger partial charge in [-0.3, -0.25) is 4.79 Å². The molecule has 118 valence electrons. The third-order valence-corrected chi connectivity index (χ3v) is 2.95. The predicted molar refractivity (Wildman–Crippen MR) is 83.6 cm³/mol. The lowest BCUT2D eigenvalue weighted by atomic mass is 10.1. The summed E-state index contributed by atoms with van der Waals surface area (Å²) in [6.07, 6.45) is 1.09. The maximum Gasteiger partial charge on any atom is 0.258 e. The zero-order chi connectivity index (χ0) is 15.5. The number of nitrogens with one attached hydrogen (secondary N) is 2. The molecule has 5 nitrogen and oxygen atoms in total. The molecule has 0 radical (unpaired) electrons. The molecule has 1 aromatic carbocycles. The zero-order valence-electron chi connectivity index (χ0n) is 13.2. The summed E-state index contributed by atoms with van der Waals surface area (Å²) < 4.78 is 10.5. The van der Waals surface area contributed by atoms with Gasteiger partial charge < -0.3 is 20.1 Å². The molecule has 0 bridgehead atoms. The first-order valence-corrected chi connectivity index (χ1v) is 7.36. The summed E-state index contributed by atoms with van der Waals surface area (Å²) in [5, 5.41) is 6.08. The van der Waals surface area contributed by atoms with Crippen molar-refractivity contribution in [1.29, 1.82) is 0 Å². The van der Waals surface area contributed by atoms with E-state index in [0.29, 0.717) is 13.2 Å². The Morgan fingerprint density at radius 2 is 2.10 bits per heavy atom. The number of methoxy groups -OCH3 is 1. The number of amides is 1. The standard InChI is InChI=1S/C16H26N2O3/c1-4-7-17-11-14-10-13(2)5-6-15(14)21-12-16(19)18-8-9-20-3/h5-6,10,17H,4,7-9,11-12H2,1-3H3,(H,18,19). The summed E-state index contributed by atoms with van der Waals surface area (Å²) in [6.45, 7) is 6.91. The molecule has 0 aliphatic heterocycles. The van der Waals surface area contributed by atoms with Crippen molar-refractivity contribution in [2.45, 2.75) is 26.8 Å². The van der Waals surface area contributed by atoms with Crippen LogP contribution >= 0.6 is 0 Å². The van der Waals surface area contributed by atoms with Gasteiger partial charge in [0.05, 0.1) is 6.61 Å². The normalized spacial score (nSPS) is 10.4. The van der Waals surface area contributed by atoms with Crippen LogP contribution in [0.2, 0.25) is 0 Å². The highest BCUT2D eigenvalue weighted by molar-refractivity contribution is 5.77. The van der Waals surface area contributed by atoms with Crippen molar-refractivity contribution < 1.29 is 14.3 Å². The Labute approximate surface area is 127 Å². The Kier molecular flexibility index (Phi) is 8.47. The van der Waals surface area contributed by atoms with E-state index in [1.165, 1.54) is 5.56 Å². The van der Waals surface area contributed by atoms with Gasteiger partial charge in [-0.25, -0.2) is 0 Å². The number of carbonyl (C=O) groups excluding carboxylic acids is 1. The van der Waals surface area contributed by atoms with E-state index in [1.54, 1.807) is 7.11 Å². The largest absolute Gasteiger partial charge is 0.483 e. The molecule has 5 heteroatoms. The Morgan fingerprint density at radius 3 is 2.81 bits per heavy atom. The quantitative estimate of drug-likeness (QED) is 0.644. The predicted octanol–water partition coefficient (Wildman–Crippen LogP) is 1.64. The summed E-state index contributed by atoms with van der Waals surface area (Å²) in [5.74, 6) is 0.617. The first kappa shape index (κ1) is 17.5. The molecule has 0 atom stereocenters. The van der Waals surface area contributed by atoms with E-state index >= 15 is 0 Å². The van der Waals surface area contributed by atoms with Crippen LogP contribution in [-0.4, -0.2) is 39.3 Å². The molecule has 0 saturated carbocycles. The molecule has 0 fully saturated rings. The highest BCUT2D eigenvalue weighted by Crippen LogP contribution is 2.19. The van der Waals surface area contributed by atoms with E-state index in [-0.39, 0.29) is 12.5 Å². The zero-order valence-corrected chi connectivity index (χ0v) is 13.2. The summed E-state index contributed by atoms with van der Waals surface area (Å²) in [5.41, 5.74) is 2.26. The van der Waals surface area contributed by atoms with E-state index in [9.17, 15) is 4.79 Å². The van der Waals surface area contributed by atoms with E-state index in [4.69, 9.17) is 9.47 Å². The molecule has 2 N–H and O–H groups in total. The summed E-state index contributed by atoms with van der Waals surface area (Å²) >= 11 is 0. The van der Waals surface area contributed by atoms with Crippen LogP contribution in [0.5, 0.6) is 5.75 Å². The molecule has 0 aliphatic carbocycles. The van der Waals surface area contributed by atoms with E-state index < -0.39 is 0 Å². The van der Waals surface area contributed by atoms with Gasteiger partial charge >= 0.3 is 0 Å². The van der Waals surface area contributed by atoms with Gasteiger partial charge in [0, 0.05) is 25.8 Å². The van der Waals surface area contributed by atoms with Gasteiger partial charge in [-0.2, -0.15) is 0 Å². The number of carbonyl (C=O) groups is 1. The molecule has 0 unspecified atom stereocenters. The van der Waals surface area contributed by atoms with Crippen LogP contribution in [0.1, 0.15) is 24.5 Å². The lowest BCUT2D eigenvalue weighted by molar-refractivity contribution is -0.123. The molecular formula is C16H26N2O3. The van der Waals surface area contributed by atoms with Crippen LogP contribution in [0.4, 0.5) is 0 Å². The van der Waals surface area contributed by atoms with Gasteiger partial charge in [-0.1, -0.05) is 24.6 Å². The van der Waals surface area contributed by atoms with Crippen LogP contribution in [0.15, 0.2) is 18.2 Å². The fourth-order valence-electron chi connectivity index (χ4n) is 1.87. The third kappa shape index (κ3) is 7.11. The molecule has 0 heterocycles. The molecule has 0 spiro atoms. The van der Waals surface area contributed by atoms with Crippen LogP contribution in [0.25, 0.3) is 0 Å². The van der Waals surface area contributed by atoms with Crippen LogP contribution in [-0.2, 0) is 16.1 Å². The summed E-state index contributed by atoms with van der Waals surface area (Å²) in [6, 6.07) is 5.99. The highest BCUT2D eigenvalue weighted by Gasteiger charge is 2.07. The van der Waals surface area contributed by atoms with Gasteiger partial charge in [0.15, 0.2) is 6.61 Å². The van der Waals surface area contributed by atoms with E-state index in [2.05, 4.69) is 23.6 Å². The molecule has 0 saturated heterocycles. The fourth-order valence-corrected chi connectivity index (χ4v) is 1.87. The second-order valence-electron chi connectivity index (χ2n) is 4.92. The summed E-state index contributed by atoms with van der Waals surface area (Å²) in [4.78, 5) is 11.6. The van der Waals surface area contributed by atoms with Crippen LogP contribution < -0.4 is 15.4 Å². The number of rotatable bonds is 10. The van der Waals surface area contributed by atoms with Crippen molar-refractivity contribution in [3.63, 3.8) is 0 Å². The Balaban J connectivity index is 2.50. The average Bonchev–Trinajstić information content (AvgIpc) is 2.47. The summed E-state index contributed by atoms with van der Waals surface area (Å²) in [7, 11) is 1.60. The number of aryl methyl sites for hydroxylation is 1. The highest BCUT2D eigenvalue weighted by atomic mass is 16.5. The van der Waals surface area contributed by atoms with Crippen molar-refractivity contribution in [3.8, 4) is 5.75 Å². The molecule has 0 aromatic heterocycles. The van der Waals surface area contributed by atoms with Crippen LogP contribution in [0, 0.1) is 6.92 Å². The van der Waals surface area contributed by atoms with Crippen molar-refractivity contribution in [2.24, 2.45) is 0 Å². The van der Waals surface area contributed by atoms with Gasteiger partial charge in [0.2, 0.25) is 0 Å². The smallest absolute Gasteiger partial charge is 0.258 e. The SMILES string of the molecule is CCCNCc1cc(C)ccc1OCC(=O)NCCOC. The van der Waals surface area contributed by atoms with E-state index in [1.807, 2.05) is 19.1 Å². The maximum absolute atomic E-state index is 11.6. The molecule has 1 aromatic rings. The topological polar surface area (TPSA) is 59.6 Å². The molecule has 1 rings (SSSR count). The first-order chi connectivity index (χ1) is 10.2. The molecule has 0 aliphatic rings. The van der Waals surface area contributed by atoms with Gasteiger partial charge in [-0.15, -0.1) is 0 Å². The van der Waals surface area contributed by atoms with Gasteiger partial charge in [0.25, 0.3) is 5.91 Å². The van der Waals surface area contributed by atoms with Gasteiger partial charge in [0.1, 0.15) is 5.75 Å². The number of ether oxygens (including phenoxy) is 2. The lowest BCUT2D eigenvalue weighted by Crippen LogP contribution is -2.31. The van der Waals surface area contributed by atoms with Crippen molar-refractivity contribution >= 4 is 5.91 Å². The van der Waals surface area contributed by atoms with Crippen molar-refractivity contribution in [2.75, 3.05) is 33.4 Å². The van der Waals surface area contributed by atoms with Crippen LogP contribution in [0.3, 0.4) is 0 Å². The maximum atomic E-state index is 11.6. The second kappa shape index (κ2) is 10.2.